The van der Waals surface area contributed by atoms with Crippen molar-refractivity contribution in [1.82, 2.24) is 4.90 Å². The molecule has 0 bridgehead atoms. The Bertz CT molecular complexity index is 639. The van der Waals surface area contributed by atoms with Gasteiger partial charge in [0.2, 0.25) is 5.91 Å². The fourth-order valence-corrected chi connectivity index (χ4v) is 2.87. The van der Waals surface area contributed by atoms with Crippen molar-refractivity contribution >= 4 is 23.5 Å². The molecule has 1 saturated heterocycles. The van der Waals surface area contributed by atoms with Crippen LogP contribution in [0.4, 0.5) is 5.69 Å². The summed E-state index contributed by atoms with van der Waals surface area (Å²) >= 11 is 0. The summed E-state index contributed by atoms with van der Waals surface area (Å²) in [6.45, 7) is 0.814. The molecule has 2 N–H and O–H groups in total. The Morgan fingerprint density at radius 3 is 2.61 bits per heavy atom. The first-order valence-corrected chi connectivity index (χ1v) is 7.97. The molecule has 2 amide bonds. The van der Waals surface area contributed by atoms with Gasteiger partial charge in [-0.2, -0.15) is 0 Å². The van der Waals surface area contributed by atoms with Crippen molar-refractivity contribution in [3.8, 4) is 0 Å². The van der Waals surface area contributed by atoms with Gasteiger partial charge in [-0.1, -0.05) is 6.07 Å². The first kappa shape index (κ1) is 15.5. The van der Waals surface area contributed by atoms with Gasteiger partial charge in [0.25, 0.3) is 5.91 Å². The van der Waals surface area contributed by atoms with Crippen LogP contribution in [0.15, 0.2) is 24.3 Å². The number of amides is 2. The zero-order chi connectivity index (χ0) is 16.4. The van der Waals surface area contributed by atoms with Crippen molar-refractivity contribution in [1.29, 1.82) is 0 Å². The van der Waals surface area contributed by atoms with E-state index in [1.54, 1.807) is 29.2 Å². The average molecular weight is 316 g/mol. The maximum Gasteiger partial charge on any atom is 0.308 e. The minimum absolute atomic E-state index is 0.00138. The quantitative estimate of drug-likeness (QED) is 0.889. The highest BCUT2D eigenvalue weighted by molar-refractivity contribution is 5.98. The molecule has 1 aromatic carbocycles. The molecule has 0 unspecified atom stereocenters. The SMILES string of the molecule is O=C(Nc1cccc(C(=O)N2CCC[C@H](C(=O)O)C2)c1)C1CC1. The Morgan fingerprint density at radius 1 is 1.13 bits per heavy atom. The molecule has 1 aliphatic carbocycles. The Hall–Kier alpha value is -2.37. The summed E-state index contributed by atoms with van der Waals surface area (Å²) in [4.78, 5) is 37.1. The first-order chi connectivity index (χ1) is 11.0. The third-order valence-corrected chi connectivity index (χ3v) is 4.38. The van der Waals surface area contributed by atoms with Gasteiger partial charge in [-0.15, -0.1) is 0 Å². The van der Waals surface area contributed by atoms with Crippen LogP contribution in [0, 0.1) is 11.8 Å². The Balaban J connectivity index is 1.69. The molecular formula is C17H20N2O4. The largest absolute Gasteiger partial charge is 0.481 e. The molecule has 0 radical (unpaired) electrons. The third-order valence-electron chi connectivity index (χ3n) is 4.38. The number of carbonyl (C=O) groups is 3. The normalized spacial score (nSPS) is 20.9. The second-order valence-corrected chi connectivity index (χ2v) is 6.27. The summed E-state index contributed by atoms with van der Waals surface area (Å²) in [6, 6.07) is 6.84. The Morgan fingerprint density at radius 2 is 1.91 bits per heavy atom. The number of nitrogens with one attached hydrogen (secondary N) is 1. The lowest BCUT2D eigenvalue weighted by Gasteiger charge is -2.30. The fourth-order valence-electron chi connectivity index (χ4n) is 2.87. The molecule has 6 nitrogen and oxygen atoms in total. The van der Waals surface area contributed by atoms with E-state index < -0.39 is 11.9 Å². The van der Waals surface area contributed by atoms with Crippen molar-refractivity contribution in [2.24, 2.45) is 11.8 Å². The number of anilines is 1. The van der Waals surface area contributed by atoms with Gasteiger partial charge in [-0.05, 0) is 43.9 Å². The van der Waals surface area contributed by atoms with Gasteiger partial charge in [0.15, 0.2) is 0 Å². The summed E-state index contributed by atoms with van der Waals surface area (Å²) in [6.07, 6.45) is 3.15. The van der Waals surface area contributed by atoms with Gasteiger partial charge in [0.1, 0.15) is 0 Å². The van der Waals surface area contributed by atoms with E-state index in [4.69, 9.17) is 5.11 Å². The van der Waals surface area contributed by atoms with Crippen molar-refractivity contribution in [2.75, 3.05) is 18.4 Å². The molecule has 0 spiro atoms. The van der Waals surface area contributed by atoms with Crippen LogP contribution in [-0.4, -0.2) is 40.9 Å². The lowest BCUT2D eigenvalue weighted by Crippen LogP contribution is -2.42. The standard InChI is InChI=1S/C17H20N2O4/c20-15(11-6-7-11)18-14-5-1-3-12(9-14)16(21)19-8-2-4-13(10-19)17(22)23/h1,3,5,9,11,13H,2,4,6-8,10H2,(H,18,20)(H,22,23)/t13-/m0/s1. The smallest absolute Gasteiger partial charge is 0.308 e. The van der Waals surface area contributed by atoms with Gasteiger partial charge < -0.3 is 15.3 Å². The zero-order valence-electron chi connectivity index (χ0n) is 12.8. The molecule has 2 aliphatic rings. The Kier molecular flexibility index (Phi) is 4.32. The number of benzene rings is 1. The maximum atomic E-state index is 12.6. The number of likely N-dealkylation sites (tertiary alicyclic amines) is 1. The van der Waals surface area contributed by atoms with Gasteiger partial charge in [-0.25, -0.2) is 0 Å². The van der Waals surface area contributed by atoms with Crippen LogP contribution in [0.5, 0.6) is 0 Å². The van der Waals surface area contributed by atoms with Crippen LogP contribution in [-0.2, 0) is 9.59 Å². The van der Waals surface area contributed by atoms with E-state index in [2.05, 4.69) is 5.32 Å². The monoisotopic (exact) mass is 316 g/mol. The molecule has 0 aromatic heterocycles. The van der Waals surface area contributed by atoms with Crippen LogP contribution in [0.25, 0.3) is 0 Å². The minimum atomic E-state index is -0.854. The highest BCUT2D eigenvalue weighted by Gasteiger charge is 2.30. The summed E-state index contributed by atoms with van der Waals surface area (Å²) in [5, 5.41) is 11.9. The third kappa shape index (κ3) is 3.70. The van der Waals surface area contributed by atoms with E-state index in [0.29, 0.717) is 30.6 Å². The van der Waals surface area contributed by atoms with Crippen LogP contribution < -0.4 is 5.32 Å². The molecular weight excluding hydrogens is 296 g/mol. The summed E-state index contributed by atoms with van der Waals surface area (Å²) < 4.78 is 0. The topological polar surface area (TPSA) is 86.7 Å². The second kappa shape index (κ2) is 6.40. The van der Waals surface area contributed by atoms with Crippen LogP contribution in [0.3, 0.4) is 0 Å². The van der Waals surface area contributed by atoms with Crippen LogP contribution in [0.1, 0.15) is 36.0 Å². The molecule has 1 aromatic rings. The van der Waals surface area contributed by atoms with Crippen LogP contribution in [0.2, 0.25) is 0 Å². The molecule has 1 atom stereocenters. The molecule has 23 heavy (non-hydrogen) atoms. The van der Waals surface area contributed by atoms with Crippen molar-refractivity contribution in [3.63, 3.8) is 0 Å². The molecule has 122 valence electrons. The molecule has 1 aliphatic heterocycles. The minimum Gasteiger partial charge on any atom is -0.481 e. The van der Waals surface area contributed by atoms with Gasteiger partial charge in [0.05, 0.1) is 5.92 Å². The predicted octanol–water partition coefficient (Wildman–Crippen LogP) is 1.97. The number of piperidine rings is 1. The number of hydrogen-bond acceptors (Lipinski definition) is 3. The van der Waals surface area contributed by atoms with E-state index in [-0.39, 0.29) is 24.3 Å². The van der Waals surface area contributed by atoms with E-state index >= 15 is 0 Å². The Labute approximate surface area is 134 Å². The van der Waals surface area contributed by atoms with Gasteiger partial charge in [0, 0.05) is 30.3 Å². The lowest BCUT2D eigenvalue weighted by molar-refractivity contribution is -0.143. The molecule has 1 saturated carbocycles. The molecule has 2 fully saturated rings. The molecule has 1 heterocycles. The number of carboxylic acid groups (broad SMARTS) is 1. The number of hydrogen-bond donors (Lipinski definition) is 2. The summed E-state index contributed by atoms with van der Waals surface area (Å²) in [5.41, 5.74) is 1.09. The fraction of sp³-hybridized carbons (Fsp3) is 0.471. The van der Waals surface area contributed by atoms with Gasteiger partial charge in [-0.3, -0.25) is 14.4 Å². The summed E-state index contributed by atoms with van der Waals surface area (Å²) in [5.74, 6) is -1.43. The molecule has 6 heteroatoms. The average Bonchev–Trinajstić information content (AvgIpc) is 3.39. The zero-order valence-corrected chi connectivity index (χ0v) is 12.8. The second-order valence-electron chi connectivity index (χ2n) is 6.27. The highest BCUT2D eigenvalue weighted by atomic mass is 16.4. The van der Waals surface area contributed by atoms with Crippen LogP contribution >= 0.6 is 0 Å². The number of nitrogens with zero attached hydrogens (tertiary/aromatic N) is 1. The van der Waals surface area contributed by atoms with Crippen molar-refractivity contribution in [3.05, 3.63) is 29.8 Å². The predicted molar refractivity (Wildman–Crippen MR) is 84.1 cm³/mol. The number of aliphatic carboxylic acids is 1. The number of carboxylic acids is 1. The van der Waals surface area contributed by atoms with Crippen molar-refractivity contribution in [2.45, 2.75) is 25.7 Å². The van der Waals surface area contributed by atoms with E-state index in [1.807, 2.05) is 0 Å². The van der Waals surface area contributed by atoms with Crippen molar-refractivity contribution < 1.29 is 19.5 Å². The lowest BCUT2D eigenvalue weighted by atomic mass is 9.97. The van der Waals surface area contributed by atoms with E-state index in [0.717, 1.165) is 12.8 Å². The maximum absolute atomic E-state index is 12.6. The van der Waals surface area contributed by atoms with Gasteiger partial charge >= 0.3 is 5.97 Å². The molecule has 3 rings (SSSR count). The van der Waals surface area contributed by atoms with E-state index in [1.165, 1.54) is 0 Å². The number of carbonyl (C=O) groups excluding carboxylic acids is 2. The highest BCUT2D eigenvalue weighted by Crippen LogP contribution is 2.30. The summed E-state index contributed by atoms with van der Waals surface area (Å²) in [7, 11) is 0. The first-order valence-electron chi connectivity index (χ1n) is 7.97. The van der Waals surface area contributed by atoms with E-state index in [9.17, 15) is 14.4 Å². The number of rotatable bonds is 4.